The second-order valence-corrected chi connectivity index (χ2v) is 6.99. The molecule has 0 amide bonds. The van der Waals surface area contributed by atoms with E-state index in [0.29, 0.717) is 5.65 Å². The van der Waals surface area contributed by atoms with Crippen molar-refractivity contribution in [3.8, 4) is 17.0 Å². The number of carbonyl (C=O) groups is 1. The third-order valence-electron chi connectivity index (χ3n) is 3.86. The van der Waals surface area contributed by atoms with E-state index >= 15 is 0 Å². The van der Waals surface area contributed by atoms with Crippen LogP contribution in [-0.4, -0.2) is 24.9 Å². The summed E-state index contributed by atoms with van der Waals surface area (Å²) < 4.78 is 1.21. The summed E-state index contributed by atoms with van der Waals surface area (Å²) >= 11 is 7.11. The molecule has 0 unspecified atom stereocenters. The molecule has 4 rings (SSSR count). The number of rotatable bonds is 4. The van der Waals surface area contributed by atoms with Crippen molar-refractivity contribution in [1.29, 1.82) is 0 Å². The van der Waals surface area contributed by atoms with Crippen LogP contribution in [0.15, 0.2) is 76.8 Å². The van der Waals surface area contributed by atoms with Crippen molar-refractivity contribution < 1.29 is 9.90 Å². The number of hydrogen-bond acceptors (Lipinski definition) is 5. The summed E-state index contributed by atoms with van der Waals surface area (Å²) in [5, 5.41) is 13.5. The molecule has 1 N–H and O–H groups in total. The molecular formula is C19H12ClN3O2S. The highest BCUT2D eigenvalue weighted by atomic mass is 35.5. The molecule has 128 valence electrons. The van der Waals surface area contributed by atoms with Crippen LogP contribution in [0.3, 0.4) is 0 Å². The second-order valence-electron chi connectivity index (χ2n) is 5.50. The van der Waals surface area contributed by atoms with Crippen molar-refractivity contribution in [2.75, 3.05) is 0 Å². The fraction of sp³-hybridized carbons (Fsp3) is 0. The van der Waals surface area contributed by atoms with Crippen LogP contribution in [0.5, 0.6) is 5.88 Å². The van der Waals surface area contributed by atoms with Gasteiger partial charge in [0.05, 0.1) is 6.20 Å². The zero-order valence-corrected chi connectivity index (χ0v) is 14.9. The fourth-order valence-corrected chi connectivity index (χ4v) is 3.56. The number of aromatic hydroxyl groups is 1. The fourth-order valence-electron chi connectivity index (χ4n) is 2.59. The van der Waals surface area contributed by atoms with E-state index in [9.17, 15) is 9.90 Å². The summed E-state index contributed by atoms with van der Waals surface area (Å²) in [7, 11) is 0. The molecule has 2 heterocycles. The van der Waals surface area contributed by atoms with E-state index in [1.54, 1.807) is 18.0 Å². The van der Waals surface area contributed by atoms with E-state index in [4.69, 9.17) is 11.6 Å². The van der Waals surface area contributed by atoms with Crippen molar-refractivity contribution in [2.45, 2.75) is 9.79 Å². The number of aromatic nitrogens is 3. The van der Waals surface area contributed by atoms with Crippen molar-refractivity contribution >= 4 is 34.3 Å². The zero-order chi connectivity index (χ0) is 18.1. The lowest BCUT2D eigenvalue weighted by Crippen LogP contribution is -1.99. The van der Waals surface area contributed by atoms with Gasteiger partial charge in [-0.3, -0.25) is 4.79 Å². The van der Waals surface area contributed by atoms with E-state index in [1.165, 1.54) is 15.6 Å². The van der Waals surface area contributed by atoms with Crippen LogP contribution in [-0.2, 0) is 0 Å². The molecule has 0 saturated carbocycles. The van der Waals surface area contributed by atoms with Crippen LogP contribution >= 0.6 is 23.4 Å². The highest BCUT2D eigenvalue weighted by Crippen LogP contribution is 2.31. The summed E-state index contributed by atoms with van der Waals surface area (Å²) in [6, 6.07) is 18.1. The lowest BCUT2D eigenvalue weighted by molar-refractivity contribution is 0.107. The Morgan fingerprint density at radius 3 is 2.38 bits per heavy atom. The van der Waals surface area contributed by atoms with E-state index in [2.05, 4.69) is 22.2 Å². The van der Waals surface area contributed by atoms with Gasteiger partial charge in [0.25, 0.3) is 5.24 Å². The molecule has 0 aliphatic carbocycles. The largest absolute Gasteiger partial charge is 0.493 e. The Morgan fingerprint density at radius 1 is 1.00 bits per heavy atom. The summed E-state index contributed by atoms with van der Waals surface area (Å²) in [5.41, 5.74) is 2.04. The predicted octanol–water partition coefficient (Wildman–Crippen LogP) is 4.63. The molecule has 7 heteroatoms. The number of carbonyl (C=O) groups excluding carboxylic acids is 1. The van der Waals surface area contributed by atoms with Gasteiger partial charge in [0, 0.05) is 21.6 Å². The normalized spacial score (nSPS) is 11.0. The first kappa shape index (κ1) is 16.6. The van der Waals surface area contributed by atoms with Crippen LogP contribution in [0.4, 0.5) is 0 Å². The van der Waals surface area contributed by atoms with Gasteiger partial charge in [-0.25, -0.2) is 4.98 Å². The van der Waals surface area contributed by atoms with Gasteiger partial charge in [0.2, 0.25) is 5.88 Å². The first-order valence-electron chi connectivity index (χ1n) is 7.72. The summed E-state index contributed by atoms with van der Waals surface area (Å²) in [4.78, 5) is 17.8. The van der Waals surface area contributed by atoms with Gasteiger partial charge in [-0.2, -0.15) is 9.61 Å². The number of hydrogen-bond donors (Lipinski definition) is 1. The number of benzene rings is 2. The summed E-state index contributed by atoms with van der Waals surface area (Å²) in [5.74, 6) is -0.322. The maximum atomic E-state index is 11.3. The first-order chi connectivity index (χ1) is 12.6. The third kappa shape index (κ3) is 3.05. The number of fused-ring (bicyclic) bond motifs is 1. The molecule has 26 heavy (non-hydrogen) atoms. The van der Waals surface area contributed by atoms with Crippen LogP contribution in [0.25, 0.3) is 16.8 Å². The average Bonchev–Trinajstić information content (AvgIpc) is 3.08. The van der Waals surface area contributed by atoms with Crippen LogP contribution in [0.1, 0.15) is 10.4 Å². The van der Waals surface area contributed by atoms with E-state index in [1.807, 2.05) is 42.5 Å². The molecule has 2 aromatic carbocycles. The Kier molecular flexibility index (Phi) is 4.36. The van der Waals surface area contributed by atoms with E-state index in [0.717, 1.165) is 16.0 Å². The molecule has 0 bridgehead atoms. The minimum Gasteiger partial charge on any atom is -0.493 e. The van der Waals surface area contributed by atoms with Crippen molar-refractivity contribution in [3.05, 3.63) is 72.6 Å². The Labute approximate surface area is 158 Å². The maximum absolute atomic E-state index is 11.3. The molecule has 0 atom stereocenters. The molecule has 4 aromatic rings. The van der Waals surface area contributed by atoms with Crippen LogP contribution < -0.4 is 0 Å². The number of halogens is 1. The first-order valence-corrected chi connectivity index (χ1v) is 8.92. The highest BCUT2D eigenvalue weighted by molar-refractivity contribution is 7.99. The van der Waals surface area contributed by atoms with E-state index < -0.39 is 5.24 Å². The molecular weight excluding hydrogens is 370 g/mol. The highest BCUT2D eigenvalue weighted by Gasteiger charge is 2.17. The minimum absolute atomic E-state index is 0.0802. The Morgan fingerprint density at radius 2 is 1.69 bits per heavy atom. The maximum Gasteiger partial charge on any atom is 0.259 e. The Balaban J connectivity index is 1.67. The van der Waals surface area contributed by atoms with Crippen LogP contribution in [0.2, 0.25) is 0 Å². The van der Waals surface area contributed by atoms with Crippen molar-refractivity contribution in [3.63, 3.8) is 0 Å². The van der Waals surface area contributed by atoms with Gasteiger partial charge in [-0.15, -0.1) is 0 Å². The zero-order valence-electron chi connectivity index (χ0n) is 13.3. The monoisotopic (exact) mass is 381 g/mol. The molecule has 0 aliphatic heterocycles. The summed E-state index contributed by atoms with van der Waals surface area (Å²) in [6.07, 6.45) is 2.86. The predicted molar refractivity (Wildman–Crippen MR) is 101 cm³/mol. The van der Waals surface area contributed by atoms with Crippen molar-refractivity contribution in [2.24, 2.45) is 0 Å². The van der Waals surface area contributed by atoms with Crippen LogP contribution in [0, 0.1) is 0 Å². The van der Waals surface area contributed by atoms with Gasteiger partial charge >= 0.3 is 0 Å². The topological polar surface area (TPSA) is 67.5 Å². The van der Waals surface area contributed by atoms with E-state index in [-0.39, 0.29) is 11.4 Å². The second kappa shape index (κ2) is 6.82. The Bertz CT molecular complexity index is 1100. The van der Waals surface area contributed by atoms with Crippen molar-refractivity contribution in [1.82, 2.24) is 14.6 Å². The molecule has 0 radical (unpaired) electrons. The summed E-state index contributed by atoms with van der Waals surface area (Å²) in [6.45, 7) is 0. The SMILES string of the molecule is O=C(Cl)c1cnc2c(-c3ccc(Sc4ccccc4)cc3)cnn2c1O. The molecule has 0 fully saturated rings. The molecule has 2 aromatic heterocycles. The molecule has 0 spiro atoms. The third-order valence-corrected chi connectivity index (χ3v) is 5.08. The quantitative estimate of drug-likeness (QED) is 0.522. The van der Waals surface area contributed by atoms with Gasteiger partial charge < -0.3 is 5.11 Å². The van der Waals surface area contributed by atoms with Gasteiger partial charge in [0.15, 0.2) is 5.65 Å². The van der Waals surface area contributed by atoms with Gasteiger partial charge in [-0.05, 0) is 41.4 Å². The minimum atomic E-state index is -0.781. The number of nitrogens with zero attached hydrogens (tertiary/aromatic N) is 3. The molecule has 0 aliphatic rings. The van der Waals surface area contributed by atoms with Gasteiger partial charge in [-0.1, -0.05) is 42.1 Å². The standard InChI is InChI=1S/C19H12ClN3O2S/c20-17(24)16-10-21-18-15(11-22-23(18)19(16)25)12-6-8-14(9-7-12)26-13-4-2-1-3-5-13/h1-11,25H. The van der Waals surface area contributed by atoms with Gasteiger partial charge in [0.1, 0.15) is 5.56 Å². The molecule has 5 nitrogen and oxygen atoms in total. The smallest absolute Gasteiger partial charge is 0.259 e. The Hall–Kier alpha value is -2.83. The lowest BCUT2D eigenvalue weighted by atomic mass is 10.1. The lowest BCUT2D eigenvalue weighted by Gasteiger charge is -2.04. The average molecular weight is 382 g/mol. The molecule has 0 saturated heterocycles.